The van der Waals surface area contributed by atoms with Crippen LogP contribution in [0.4, 0.5) is 20.6 Å². The van der Waals surface area contributed by atoms with E-state index in [1.165, 1.54) is 43.9 Å². The van der Waals surface area contributed by atoms with Gasteiger partial charge in [0, 0.05) is 44.6 Å². The average Bonchev–Trinajstić information content (AvgIpc) is 3.63. The van der Waals surface area contributed by atoms with Gasteiger partial charge < -0.3 is 25.4 Å². The molecule has 2 aromatic carbocycles. The summed E-state index contributed by atoms with van der Waals surface area (Å²) in [7, 11) is 1.42. The lowest BCUT2D eigenvalue weighted by Crippen LogP contribution is -2.52. The highest BCUT2D eigenvalue weighted by Crippen LogP contribution is 2.39. The van der Waals surface area contributed by atoms with Gasteiger partial charge in [0.15, 0.2) is 11.5 Å². The van der Waals surface area contributed by atoms with Crippen LogP contribution < -0.4 is 30.3 Å². The van der Waals surface area contributed by atoms with Crippen molar-refractivity contribution < 1.29 is 23.5 Å². The minimum atomic E-state index is -0.683. The van der Waals surface area contributed by atoms with Crippen LogP contribution in [0.25, 0.3) is 0 Å². The number of fused-ring (bicyclic) bond motifs is 1. The molecule has 0 aromatic heterocycles. The summed E-state index contributed by atoms with van der Waals surface area (Å²) in [5, 5.41) is 3.51. The van der Waals surface area contributed by atoms with E-state index in [4.69, 9.17) is 15.2 Å². The van der Waals surface area contributed by atoms with E-state index in [1.807, 2.05) is 25.1 Å². The lowest BCUT2D eigenvalue weighted by molar-refractivity contribution is -0.117. The molecule has 0 spiro atoms. The fourth-order valence-corrected chi connectivity index (χ4v) is 4.36. The predicted octanol–water partition coefficient (Wildman–Crippen LogP) is 3.39. The SMILES string of the molecule is COc1ccc(F)cc1OC(=O)N1C[C@H](C)N(C(C)=O)c2ccc(C(CN)CNC3CC3)cc21. The van der Waals surface area contributed by atoms with Gasteiger partial charge in [0.05, 0.1) is 24.5 Å². The molecule has 1 saturated carbocycles. The van der Waals surface area contributed by atoms with Gasteiger partial charge in [-0.15, -0.1) is 0 Å². The number of hydrogen-bond acceptors (Lipinski definition) is 6. The quantitative estimate of drug-likeness (QED) is 0.644. The molecule has 3 N–H and O–H groups in total. The van der Waals surface area contributed by atoms with Crippen LogP contribution >= 0.6 is 0 Å². The Morgan fingerprint density at radius 3 is 2.59 bits per heavy atom. The summed E-state index contributed by atoms with van der Waals surface area (Å²) in [6.45, 7) is 4.76. The van der Waals surface area contributed by atoms with Gasteiger partial charge in [-0.1, -0.05) is 6.07 Å². The highest BCUT2D eigenvalue weighted by Gasteiger charge is 2.35. The topological polar surface area (TPSA) is 97.1 Å². The Hall–Kier alpha value is -3.17. The summed E-state index contributed by atoms with van der Waals surface area (Å²) in [6.07, 6.45) is 1.67. The van der Waals surface area contributed by atoms with Crippen molar-refractivity contribution in [2.45, 2.75) is 44.7 Å². The van der Waals surface area contributed by atoms with Crippen molar-refractivity contribution in [2.75, 3.05) is 36.5 Å². The first-order chi connectivity index (χ1) is 16.3. The molecule has 2 aromatic rings. The molecule has 2 aliphatic rings. The number of hydrogen-bond donors (Lipinski definition) is 2. The van der Waals surface area contributed by atoms with E-state index in [2.05, 4.69) is 5.32 Å². The maximum absolute atomic E-state index is 13.8. The van der Waals surface area contributed by atoms with Crippen molar-refractivity contribution in [3.05, 3.63) is 47.8 Å². The van der Waals surface area contributed by atoms with Gasteiger partial charge >= 0.3 is 6.09 Å². The first-order valence-electron chi connectivity index (χ1n) is 11.5. The molecule has 1 unspecified atom stereocenters. The Morgan fingerprint density at radius 2 is 1.94 bits per heavy atom. The zero-order valence-corrected chi connectivity index (χ0v) is 19.7. The van der Waals surface area contributed by atoms with Gasteiger partial charge in [-0.3, -0.25) is 9.69 Å². The normalized spacial score (nSPS) is 18.3. The molecule has 8 nitrogen and oxygen atoms in total. The number of carbonyl (C=O) groups is 2. The molecule has 1 aliphatic heterocycles. The maximum Gasteiger partial charge on any atom is 0.420 e. The molecule has 2 atom stereocenters. The molecule has 1 fully saturated rings. The van der Waals surface area contributed by atoms with Crippen LogP contribution in [0.15, 0.2) is 36.4 Å². The first kappa shape index (κ1) is 24.0. The van der Waals surface area contributed by atoms with Crippen LogP contribution in [0.1, 0.15) is 38.2 Å². The van der Waals surface area contributed by atoms with Crippen molar-refractivity contribution in [1.29, 1.82) is 0 Å². The van der Waals surface area contributed by atoms with E-state index in [-0.39, 0.29) is 35.9 Å². The highest BCUT2D eigenvalue weighted by atomic mass is 19.1. The maximum atomic E-state index is 13.8. The van der Waals surface area contributed by atoms with E-state index in [0.717, 1.165) is 18.2 Å². The number of amides is 2. The van der Waals surface area contributed by atoms with Gasteiger partial charge in [0.2, 0.25) is 5.91 Å². The number of rotatable bonds is 7. The van der Waals surface area contributed by atoms with Crippen molar-refractivity contribution in [3.8, 4) is 11.5 Å². The van der Waals surface area contributed by atoms with E-state index in [0.29, 0.717) is 24.0 Å². The second kappa shape index (κ2) is 9.99. The number of benzene rings is 2. The standard InChI is InChI=1S/C25H31FN4O4/c1-15-14-29(25(32)34-24-11-19(26)5-9-23(24)33-3)22-10-17(4-8-21(22)30(15)16(2)31)18(12-27)13-28-20-6-7-20/h4-5,8-11,15,18,20,28H,6-7,12-14,27H2,1-3H3/t15-,18?/m0/s1. The van der Waals surface area contributed by atoms with E-state index >= 15 is 0 Å². The third-order valence-electron chi connectivity index (χ3n) is 6.31. The third-order valence-corrected chi connectivity index (χ3v) is 6.31. The van der Waals surface area contributed by atoms with Gasteiger partial charge in [0.25, 0.3) is 0 Å². The van der Waals surface area contributed by atoms with E-state index < -0.39 is 11.9 Å². The predicted molar refractivity (Wildman–Crippen MR) is 128 cm³/mol. The smallest absolute Gasteiger partial charge is 0.420 e. The Bertz CT molecular complexity index is 1070. The van der Waals surface area contributed by atoms with Crippen LogP contribution in [0, 0.1) is 5.82 Å². The summed E-state index contributed by atoms with van der Waals surface area (Å²) in [6, 6.07) is 9.72. The summed E-state index contributed by atoms with van der Waals surface area (Å²) in [4.78, 5) is 28.9. The van der Waals surface area contributed by atoms with Crippen LogP contribution in [-0.4, -0.2) is 50.8 Å². The summed E-state index contributed by atoms with van der Waals surface area (Å²) in [5.74, 6) is -0.381. The molecule has 9 heteroatoms. The lowest BCUT2D eigenvalue weighted by atomic mass is 9.96. The molecule has 34 heavy (non-hydrogen) atoms. The molecular formula is C25H31FN4O4. The Morgan fingerprint density at radius 1 is 1.18 bits per heavy atom. The highest BCUT2D eigenvalue weighted by molar-refractivity contribution is 6.02. The minimum Gasteiger partial charge on any atom is -0.493 e. The van der Waals surface area contributed by atoms with Crippen LogP contribution in [-0.2, 0) is 4.79 Å². The minimum absolute atomic E-state index is 0.0136. The zero-order valence-electron chi connectivity index (χ0n) is 19.7. The third kappa shape index (κ3) is 5.00. The molecular weight excluding hydrogens is 439 g/mol. The second-order valence-corrected chi connectivity index (χ2v) is 8.88. The number of nitrogens with one attached hydrogen (secondary N) is 1. The summed E-state index contributed by atoms with van der Waals surface area (Å²) in [5.41, 5.74) is 8.20. The van der Waals surface area contributed by atoms with E-state index in [1.54, 1.807) is 4.90 Å². The summed E-state index contributed by atoms with van der Waals surface area (Å²) >= 11 is 0. The van der Waals surface area contributed by atoms with Gasteiger partial charge in [-0.2, -0.15) is 0 Å². The molecule has 1 aliphatic carbocycles. The Kier molecular flexibility index (Phi) is 7.04. The fraction of sp³-hybridized carbons (Fsp3) is 0.440. The number of anilines is 2. The number of nitrogens with two attached hydrogens (primary N) is 1. The number of methoxy groups -OCH3 is 1. The average molecular weight is 471 g/mol. The van der Waals surface area contributed by atoms with Gasteiger partial charge in [-0.05, 0) is 49.6 Å². The molecule has 1 heterocycles. The Labute approximate surface area is 198 Å². The molecule has 2 amide bonds. The van der Waals surface area contributed by atoms with E-state index in [9.17, 15) is 14.0 Å². The monoisotopic (exact) mass is 470 g/mol. The molecule has 0 saturated heterocycles. The van der Waals surface area contributed by atoms with Crippen LogP contribution in [0.3, 0.4) is 0 Å². The van der Waals surface area contributed by atoms with Crippen molar-refractivity contribution in [3.63, 3.8) is 0 Å². The molecule has 4 rings (SSSR count). The van der Waals surface area contributed by atoms with Crippen molar-refractivity contribution in [2.24, 2.45) is 5.73 Å². The number of carbonyl (C=O) groups excluding carboxylic acids is 2. The van der Waals surface area contributed by atoms with Crippen molar-refractivity contribution in [1.82, 2.24) is 5.32 Å². The largest absolute Gasteiger partial charge is 0.493 e. The Balaban J connectivity index is 1.68. The number of halogens is 1. The summed E-state index contributed by atoms with van der Waals surface area (Å²) < 4.78 is 24.6. The molecule has 0 bridgehead atoms. The lowest BCUT2D eigenvalue weighted by Gasteiger charge is -2.40. The van der Waals surface area contributed by atoms with Crippen LogP contribution in [0.5, 0.6) is 11.5 Å². The fourth-order valence-electron chi connectivity index (χ4n) is 4.36. The number of nitrogens with zero attached hydrogens (tertiary/aromatic N) is 2. The first-order valence-corrected chi connectivity index (χ1v) is 11.5. The zero-order chi connectivity index (χ0) is 24.4. The molecule has 0 radical (unpaired) electrons. The van der Waals surface area contributed by atoms with Gasteiger partial charge in [-0.25, -0.2) is 9.18 Å². The van der Waals surface area contributed by atoms with Crippen molar-refractivity contribution >= 4 is 23.4 Å². The van der Waals surface area contributed by atoms with Crippen LogP contribution in [0.2, 0.25) is 0 Å². The molecule has 182 valence electrons. The number of ether oxygens (including phenoxy) is 2. The van der Waals surface area contributed by atoms with Gasteiger partial charge in [0.1, 0.15) is 5.82 Å². The second-order valence-electron chi connectivity index (χ2n) is 8.88.